The number of rotatable bonds is 6. The molecule has 0 radical (unpaired) electrons. The lowest BCUT2D eigenvalue weighted by atomic mass is 10.1. The third kappa shape index (κ3) is 5.88. The summed E-state index contributed by atoms with van der Waals surface area (Å²) in [5, 5.41) is 1.94. The van der Waals surface area contributed by atoms with Gasteiger partial charge in [-0.25, -0.2) is 4.98 Å². The molecule has 3 heterocycles. The van der Waals surface area contributed by atoms with Gasteiger partial charge in [-0.3, -0.25) is 19.5 Å². The molecule has 0 bridgehead atoms. The van der Waals surface area contributed by atoms with Gasteiger partial charge in [0.15, 0.2) is 0 Å². The molecule has 1 aromatic heterocycles. The summed E-state index contributed by atoms with van der Waals surface area (Å²) in [7, 11) is 2.19. The second-order valence-electron chi connectivity index (χ2n) is 9.17. The van der Waals surface area contributed by atoms with E-state index in [0.29, 0.717) is 4.91 Å². The van der Waals surface area contributed by atoms with Crippen molar-refractivity contribution >= 4 is 40.0 Å². The molecule has 2 aromatic carbocycles. The fourth-order valence-electron chi connectivity index (χ4n) is 4.38. The summed E-state index contributed by atoms with van der Waals surface area (Å²) in [5.74, 6) is 6.25. The number of likely N-dealkylation sites (N-methyl/N-ethyl adjacent to an activating group) is 1. The minimum absolute atomic E-state index is 0.341. The largest absolute Gasteiger partial charge is 0.304 e. The van der Waals surface area contributed by atoms with Crippen LogP contribution >= 0.6 is 11.8 Å². The molecule has 1 N–H and O–H groups in total. The summed E-state index contributed by atoms with van der Waals surface area (Å²) >= 11 is 0.918. The minimum Gasteiger partial charge on any atom is -0.304 e. The predicted molar refractivity (Wildman–Crippen MR) is 145 cm³/mol. The number of imide groups is 1. The van der Waals surface area contributed by atoms with E-state index in [1.807, 2.05) is 47.0 Å². The quantitative estimate of drug-likeness (QED) is 0.313. The van der Waals surface area contributed by atoms with E-state index in [0.717, 1.165) is 52.5 Å². The maximum Gasteiger partial charge on any atom is 0.290 e. The normalized spacial score (nSPS) is 18.0. The lowest BCUT2D eigenvalue weighted by molar-refractivity contribution is -0.115. The van der Waals surface area contributed by atoms with E-state index in [1.165, 1.54) is 39.1 Å². The second kappa shape index (κ2) is 11.1. The van der Waals surface area contributed by atoms with Gasteiger partial charge in [0, 0.05) is 43.9 Å². The predicted octanol–water partition coefficient (Wildman–Crippen LogP) is 4.12. The average molecular weight is 500 g/mol. The highest BCUT2D eigenvalue weighted by Crippen LogP contribution is 2.27. The van der Waals surface area contributed by atoms with Gasteiger partial charge in [0.1, 0.15) is 6.33 Å². The van der Waals surface area contributed by atoms with Gasteiger partial charge in [-0.2, -0.15) is 0 Å². The number of amides is 2. The van der Waals surface area contributed by atoms with E-state index in [-0.39, 0.29) is 11.1 Å². The molecule has 5 rings (SSSR count). The maximum atomic E-state index is 11.9. The van der Waals surface area contributed by atoms with Crippen molar-refractivity contribution in [1.82, 2.24) is 24.7 Å². The molecular formula is C28H29N5O2S. The van der Waals surface area contributed by atoms with E-state index in [2.05, 4.69) is 39.0 Å². The summed E-state index contributed by atoms with van der Waals surface area (Å²) in [6, 6.07) is 14.0. The minimum atomic E-state index is -0.356. The molecule has 7 nitrogen and oxygen atoms in total. The smallest absolute Gasteiger partial charge is 0.290 e. The highest BCUT2D eigenvalue weighted by molar-refractivity contribution is 8.18. The molecule has 2 aliphatic heterocycles. The van der Waals surface area contributed by atoms with Gasteiger partial charge in [0.05, 0.1) is 15.9 Å². The fourth-order valence-corrected chi connectivity index (χ4v) is 5.07. The van der Waals surface area contributed by atoms with Crippen molar-refractivity contribution in [3.05, 3.63) is 64.8 Å². The number of fused-ring (bicyclic) bond motifs is 1. The Bertz CT molecular complexity index is 1360. The molecule has 36 heavy (non-hydrogen) atoms. The van der Waals surface area contributed by atoms with Crippen molar-refractivity contribution < 1.29 is 9.59 Å². The van der Waals surface area contributed by atoms with Crippen molar-refractivity contribution in [2.75, 3.05) is 39.8 Å². The standard InChI is InChI=1S/C28H29N5O2S/c1-31-14-16-32(17-15-31)13-5-3-2-4-6-21-7-10-23(11-8-21)33-20-29-24-12-9-22(18-25(24)33)19-26-27(34)30-28(35)36-26/h7-12,18-20H,2-3,5,13-17H2,1H3,(H,30,34,35)/b26-19-. The van der Waals surface area contributed by atoms with Gasteiger partial charge >= 0.3 is 0 Å². The van der Waals surface area contributed by atoms with Crippen molar-refractivity contribution in [3.63, 3.8) is 0 Å². The van der Waals surface area contributed by atoms with Crippen LogP contribution in [-0.2, 0) is 4.79 Å². The van der Waals surface area contributed by atoms with E-state index in [9.17, 15) is 9.59 Å². The van der Waals surface area contributed by atoms with Crippen LogP contribution in [0, 0.1) is 11.8 Å². The Balaban J connectivity index is 1.19. The molecule has 0 atom stereocenters. The van der Waals surface area contributed by atoms with Gasteiger partial charge in [-0.05, 0) is 86.2 Å². The Morgan fingerprint density at radius 3 is 2.61 bits per heavy atom. The van der Waals surface area contributed by atoms with Crippen LogP contribution in [0.4, 0.5) is 4.79 Å². The number of benzene rings is 2. The molecule has 2 fully saturated rings. The van der Waals surface area contributed by atoms with E-state index in [1.54, 1.807) is 12.4 Å². The third-order valence-electron chi connectivity index (χ3n) is 6.51. The Labute approximate surface area is 215 Å². The molecule has 2 saturated heterocycles. The number of thioether (sulfide) groups is 1. The number of carbonyl (C=O) groups excluding carboxylic acids is 2. The number of nitrogens with one attached hydrogen (secondary N) is 1. The molecule has 3 aromatic rings. The van der Waals surface area contributed by atoms with Crippen molar-refractivity contribution in [3.8, 4) is 17.5 Å². The number of piperazine rings is 1. The number of imidazole rings is 1. The highest BCUT2D eigenvalue weighted by atomic mass is 32.2. The average Bonchev–Trinajstić information content (AvgIpc) is 3.44. The second-order valence-corrected chi connectivity index (χ2v) is 10.2. The monoisotopic (exact) mass is 499 g/mol. The first-order valence-corrected chi connectivity index (χ1v) is 13.1. The van der Waals surface area contributed by atoms with Crippen LogP contribution in [0.2, 0.25) is 0 Å². The van der Waals surface area contributed by atoms with Gasteiger partial charge in [-0.1, -0.05) is 17.9 Å². The zero-order valence-electron chi connectivity index (χ0n) is 20.4. The number of hydrogen-bond donors (Lipinski definition) is 1. The molecule has 0 saturated carbocycles. The van der Waals surface area contributed by atoms with Gasteiger partial charge in [0.2, 0.25) is 0 Å². The van der Waals surface area contributed by atoms with Crippen LogP contribution in [0.1, 0.15) is 30.4 Å². The highest BCUT2D eigenvalue weighted by Gasteiger charge is 2.25. The number of hydrogen-bond acceptors (Lipinski definition) is 6. The molecular weight excluding hydrogens is 470 g/mol. The van der Waals surface area contributed by atoms with Crippen molar-refractivity contribution in [2.45, 2.75) is 19.3 Å². The molecule has 8 heteroatoms. The molecule has 0 spiro atoms. The summed E-state index contributed by atoms with van der Waals surface area (Å²) in [4.78, 5) is 33.1. The first-order valence-electron chi connectivity index (χ1n) is 12.3. The first-order chi connectivity index (χ1) is 17.5. The summed E-state index contributed by atoms with van der Waals surface area (Å²) < 4.78 is 2.01. The number of nitrogens with zero attached hydrogens (tertiary/aromatic N) is 4. The van der Waals surface area contributed by atoms with E-state index < -0.39 is 0 Å². The van der Waals surface area contributed by atoms with Crippen LogP contribution in [0.25, 0.3) is 22.8 Å². The Morgan fingerprint density at radius 1 is 1.06 bits per heavy atom. The van der Waals surface area contributed by atoms with Crippen molar-refractivity contribution in [2.24, 2.45) is 0 Å². The van der Waals surface area contributed by atoms with Crippen LogP contribution in [0.5, 0.6) is 0 Å². The van der Waals surface area contributed by atoms with Gasteiger partial charge in [0.25, 0.3) is 11.1 Å². The topological polar surface area (TPSA) is 70.5 Å². The van der Waals surface area contributed by atoms with Crippen LogP contribution < -0.4 is 5.32 Å². The zero-order chi connectivity index (χ0) is 24.9. The summed E-state index contributed by atoms with van der Waals surface area (Å²) in [6.45, 7) is 5.87. The van der Waals surface area contributed by atoms with Gasteiger partial charge < -0.3 is 9.80 Å². The lowest BCUT2D eigenvalue weighted by Gasteiger charge is -2.32. The number of aromatic nitrogens is 2. The van der Waals surface area contributed by atoms with Crippen molar-refractivity contribution in [1.29, 1.82) is 0 Å². The molecule has 2 amide bonds. The Morgan fingerprint density at radius 2 is 1.86 bits per heavy atom. The SMILES string of the molecule is CN1CCN(CCCCC#Cc2ccc(-n3cnc4ccc(/C=C5\SC(=O)NC5=O)cc43)cc2)CC1. The maximum absolute atomic E-state index is 11.9. The Kier molecular flexibility index (Phi) is 7.52. The molecule has 0 aliphatic carbocycles. The summed E-state index contributed by atoms with van der Waals surface area (Å²) in [6.07, 6.45) is 6.77. The van der Waals surface area contributed by atoms with Gasteiger partial charge in [-0.15, -0.1) is 0 Å². The molecule has 2 aliphatic rings. The third-order valence-corrected chi connectivity index (χ3v) is 7.32. The van der Waals surface area contributed by atoms with Crippen LogP contribution in [0.15, 0.2) is 53.7 Å². The number of carbonyl (C=O) groups is 2. The first kappa shape index (κ1) is 24.3. The van der Waals surface area contributed by atoms with Crippen LogP contribution in [-0.4, -0.2) is 70.3 Å². The Hall–Kier alpha value is -3.38. The number of unbranched alkanes of at least 4 members (excludes halogenated alkanes) is 2. The fraction of sp³-hybridized carbons (Fsp3) is 0.321. The molecule has 0 unspecified atom stereocenters. The van der Waals surface area contributed by atoms with E-state index in [4.69, 9.17) is 0 Å². The lowest BCUT2D eigenvalue weighted by Crippen LogP contribution is -2.44. The summed E-state index contributed by atoms with van der Waals surface area (Å²) in [5.41, 5.74) is 4.62. The molecule has 184 valence electrons. The van der Waals surface area contributed by atoms with Crippen LogP contribution in [0.3, 0.4) is 0 Å². The zero-order valence-corrected chi connectivity index (χ0v) is 21.2. The van der Waals surface area contributed by atoms with E-state index >= 15 is 0 Å².